The van der Waals surface area contributed by atoms with Crippen molar-refractivity contribution < 1.29 is 9.05 Å². The van der Waals surface area contributed by atoms with E-state index in [9.17, 15) is 0 Å². The van der Waals surface area contributed by atoms with Crippen molar-refractivity contribution in [1.29, 1.82) is 0 Å². The quantitative estimate of drug-likeness (QED) is 0.627. The van der Waals surface area contributed by atoms with E-state index in [2.05, 4.69) is 45.0 Å². The van der Waals surface area contributed by atoms with Gasteiger partial charge in [0.1, 0.15) is 0 Å². The molecule has 2 nitrogen and oxygen atoms in total. The van der Waals surface area contributed by atoms with Gasteiger partial charge in [0, 0.05) is 0 Å². The maximum absolute atomic E-state index is 6.22. The van der Waals surface area contributed by atoms with Gasteiger partial charge in [-0.05, 0) is 0 Å². The molecule has 0 atom stereocenters. The molecule has 0 saturated carbocycles. The Labute approximate surface area is 112 Å². The van der Waals surface area contributed by atoms with Crippen LogP contribution in [0.5, 0.6) is 0 Å². The van der Waals surface area contributed by atoms with Gasteiger partial charge in [-0.1, -0.05) is 0 Å². The van der Waals surface area contributed by atoms with Gasteiger partial charge in [-0.25, -0.2) is 0 Å². The van der Waals surface area contributed by atoms with Crippen molar-refractivity contribution >= 4 is 13.0 Å². The summed E-state index contributed by atoms with van der Waals surface area (Å²) in [5.41, 5.74) is 0. The van der Waals surface area contributed by atoms with Crippen molar-refractivity contribution in [3.05, 3.63) is 30.3 Å². The average molecular weight is 270 g/mol. The fourth-order valence-corrected chi connectivity index (χ4v) is 5.47. The van der Waals surface area contributed by atoms with Crippen molar-refractivity contribution in [2.75, 3.05) is 19.4 Å². The van der Waals surface area contributed by atoms with E-state index in [1.165, 1.54) is 5.30 Å². The summed E-state index contributed by atoms with van der Waals surface area (Å²) in [5, 5.41) is 1.27. The summed E-state index contributed by atoms with van der Waals surface area (Å²) in [6.45, 7) is 8.09. The van der Waals surface area contributed by atoms with Gasteiger partial charge in [-0.3, -0.25) is 0 Å². The molecule has 0 spiro atoms. The van der Waals surface area contributed by atoms with Crippen LogP contribution in [-0.4, -0.2) is 19.4 Å². The van der Waals surface area contributed by atoms with Crippen LogP contribution in [0.3, 0.4) is 0 Å². The monoisotopic (exact) mass is 270 g/mol. The third kappa shape index (κ3) is 4.35. The van der Waals surface area contributed by atoms with Crippen LogP contribution in [0.1, 0.15) is 40.0 Å². The molecule has 0 aromatic heterocycles. The Morgan fingerprint density at radius 2 is 1.39 bits per heavy atom. The van der Waals surface area contributed by atoms with Gasteiger partial charge in [-0.2, -0.15) is 0 Å². The van der Waals surface area contributed by atoms with E-state index in [1.54, 1.807) is 0 Å². The number of benzene rings is 1. The van der Waals surface area contributed by atoms with Gasteiger partial charge in [0.2, 0.25) is 0 Å². The fraction of sp³-hybridized carbons (Fsp3) is 0.600. The Bertz CT molecular complexity index is 306. The molecule has 0 radical (unpaired) electrons. The Kier molecular flexibility index (Phi) is 7.50. The average Bonchev–Trinajstić information content (AvgIpc) is 2.43. The van der Waals surface area contributed by atoms with E-state index >= 15 is 0 Å². The molecule has 0 aliphatic heterocycles. The van der Waals surface area contributed by atoms with E-state index in [0.29, 0.717) is 0 Å². The molecule has 0 bridgehead atoms. The molecule has 0 aliphatic carbocycles. The van der Waals surface area contributed by atoms with Crippen LogP contribution < -0.4 is 5.30 Å². The van der Waals surface area contributed by atoms with Crippen LogP contribution in [-0.2, 0) is 9.05 Å². The molecule has 0 saturated heterocycles. The molecule has 0 aliphatic rings. The number of rotatable bonds is 9. The molecular formula is C15H27O2P. The van der Waals surface area contributed by atoms with Gasteiger partial charge in [0.15, 0.2) is 0 Å². The summed E-state index contributed by atoms with van der Waals surface area (Å²) in [6.07, 6.45) is 4.23. The minimum atomic E-state index is -2.21. The molecule has 0 N–H and O–H groups in total. The number of hydrogen-bond acceptors (Lipinski definition) is 2. The first-order valence-electron chi connectivity index (χ1n) is 7.12. The van der Waals surface area contributed by atoms with Crippen molar-refractivity contribution in [2.45, 2.75) is 40.0 Å². The Balaban J connectivity index is 2.94. The van der Waals surface area contributed by atoms with E-state index in [0.717, 1.165) is 38.6 Å². The molecule has 0 fully saturated rings. The molecular weight excluding hydrogens is 243 g/mol. The van der Waals surface area contributed by atoms with Gasteiger partial charge in [0.25, 0.3) is 0 Å². The summed E-state index contributed by atoms with van der Waals surface area (Å²) in [7, 11) is -2.21. The minimum absolute atomic E-state index is 0.796. The second kappa shape index (κ2) is 8.63. The SMILES string of the molecule is CCCO[PH](CCC)(OCCC)c1ccccc1. The Morgan fingerprint density at radius 3 is 1.83 bits per heavy atom. The number of hydrogen-bond donors (Lipinski definition) is 0. The van der Waals surface area contributed by atoms with Gasteiger partial charge < -0.3 is 0 Å². The van der Waals surface area contributed by atoms with Crippen LogP contribution in [0.15, 0.2) is 30.3 Å². The maximum atomic E-state index is 6.22. The van der Waals surface area contributed by atoms with Crippen molar-refractivity contribution in [1.82, 2.24) is 0 Å². The van der Waals surface area contributed by atoms with Gasteiger partial charge in [-0.15, -0.1) is 0 Å². The molecule has 1 rings (SSSR count). The second-order valence-electron chi connectivity index (χ2n) is 4.57. The summed E-state index contributed by atoms with van der Waals surface area (Å²) >= 11 is 0. The van der Waals surface area contributed by atoms with E-state index < -0.39 is 7.72 Å². The summed E-state index contributed by atoms with van der Waals surface area (Å²) in [6, 6.07) is 10.5. The van der Waals surface area contributed by atoms with Crippen LogP contribution in [0, 0.1) is 0 Å². The van der Waals surface area contributed by atoms with Crippen LogP contribution in [0.4, 0.5) is 0 Å². The molecule has 104 valence electrons. The van der Waals surface area contributed by atoms with E-state index in [4.69, 9.17) is 9.05 Å². The molecule has 0 amide bonds. The zero-order valence-corrected chi connectivity index (χ0v) is 12.9. The van der Waals surface area contributed by atoms with Crippen LogP contribution in [0.2, 0.25) is 0 Å². The molecule has 0 heterocycles. The van der Waals surface area contributed by atoms with E-state index in [-0.39, 0.29) is 0 Å². The van der Waals surface area contributed by atoms with Crippen LogP contribution >= 0.6 is 7.72 Å². The van der Waals surface area contributed by atoms with Crippen LogP contribution in [0.25, 0.3) is 0 Å². The predicted octanol–water partition coefficient (Wildman–Crippen LogP) is 4.16. The zero-order valence-electron chi connectivity index (χ0n) is 11.9. The first kappa shape index (κ1) is 15.6. The standard InChI is InChI=1S/C15H27O2P/c1-4-12-16-18(14-6-3,17-13-5-2)15-10-8-7-9-11-15/h7-11,18H,4-6,12-14H2,1-3H3. The first-order chi connectivity index (χ1) is 8.79. The Hall–Kier alpha value is -0.430. The zero-order chi connectivity index (χ0) is 13.3. The molecule has 18 heavy (non-hydrogen) atoms. The summed E-state index contributed by atoms with van der Waals surface area (Å²) in [5.74, 6) is 0. The van der Waals surface area contributed by atoms with Gasteiger partial charge >= 0.3 is 112 Å². The van der Waals surface area contributed by atoms with Crippen molar-refractivity contribution in [3.63, 3.8) is 0 Å². The van der Waals surface area contributed by atoms with Crippen molar-refractivity contribution in [2.24, 2.45) is 0 Å². The summed E-state index contributed by atoms with van der Waals surface area (Å²) < 4.78 is 12.4. The molecule has 1 aromatic carbocycles. The molecule has 0 unspecified atom stereocenters. The first-order valence-corrected chi connectivity index (χ1v) is 9.14. The van der Waals surface area contributed by atoms with Crippen molar-refractivity contribution in [3.8, 4) is 0 Å². The third-order valence-corrected chi connectivity index (χ3v) is 6.58. The summed E-state index contributed by atoms with van der Waals surface area (Å²) in [4.78, 5) is 0. The second-order valence-corrected chi connectivity index (χ2v) is 7.73. The van der Waals surface area contributed by atoms with E-state index in [1.807, 2.05) is 6.07 Å². The van der Waals surface area contributed by atoms with Gasteiger partial charge in [0.05, 0.1) is 0 Å². The molecule has 1 aromatic rings. The Morgan fingerprint density at radius 1 is 0.833 bits per heavy atom. The predicted molar refractivity (Wildman–Crippen MR) is 82.0 cm³/mol. The normalized spacial score (nSPS) is 12.6. The third-order valence-electron chi connectivity index (χ3n) is 2.87. The fourth-order valence-electron chi connectivity index (χ4n) is 2.05. The topological polar surface area (TPSA) is 18.5 Å². The molecule has 3 heteroatoms.